The second-order valence-electron chi connectivity index (χ2n) is 8.90. The van der Waals surface area contributed by atoms with Gasteiger partial charge in [-0.25, -0.2) is 0 Å². The Kier molecular flexibility index (Phi) is 7.85. The van der Waals surface area contributed by atoms with Crippen molar-refractivity contribution in [3.63, 3.8) is 0 Å². The summed E-state index contributed by atoms with van der Waals surface area (Å²) in [5.41, 5.74) is 1.85. The second kappa shape index (κ2) is 11.6. The van der Waals surface area contributed by atoms with Crippen molar-refractivity contribution < 1.29 is 19.0 Å². The molecule has 0 saturated carbocycles. The number of ether oxygens (including phenoxy) is 3. The van der Waals surface area contributed by atoms with E-state index in [0.29, 0.717) is 37.7 Å². The van der Waals surface area contributed by atoms with Gasteiger partial charge in [0, 0.05) is 31.7 Å². The molecule has 182 valence electrons. The summed E-state index contributed by atoms with van der Waals surface area (Å²) in [6.45, 7) is 5.71. The van der Waals surface area contributed by atoms with Gasteiger partial charge < -0.3 is 14.2 Å². The predicted octanol–water partition coefficient (Wildman–Crippen LogP) is 4.44. The quantitative estimate of drug-likeness (QED) is 0.452. The van der Waals surface area contributed by atoms with Gasteiger partial charge in [-0.1, -0.05) is 48.5 Å². The van der Waals surface area contributed by atoms with Crippen LogP contribution in [0.5, 0.6) is 11.5 Å². The molecule has 0 radical (unpaired) electrons. The van der Waals surface area contributed by atoms with E-state index >= 15 is 0 Å². The number of carbonyl (C=O) groups is 1. The summed E-state index contributed by atoms with van der Waals surface area (Å²) < 4.78 is 17.2. The van der Waals surface area contributed by atoms with Crippen LogP contribution in [0.4, 0.5) is 0 Å². The van der Waals surface area contributed by atoms with Crippen LogP contribution in [0.1, 0.15) is 22.0 Å². The number of benzene rings is 3. The van der Waals surface area contributed by atoms with E-state index in [1.807, 2.05) is 60.7 Å². The molecule has 0 aromatic heterocycles. The van der Waals surface area contributed by atoms with Gasteiger partial charge >= 0.3 is 0 Å². The number of hydrogen-bond acceptors (Lipinski definition) is 6. The first-order valence-corrected chi connectivity index (χ1v) is 12.4. The van der Waals surface area contributed by atoms with E-state index < -0.39 is 0 Å². The Balaban J connectivity index is 1.46. The van der Waals surface area contributed by atoms with Gasteiger partial charge in [0.15, 0.2) is 5.78 Å². The third-order valence-corrected chi connectivity index (χ3v) is 6.70. The second-order valence-corrected chi connectivity index (χ2v) is 8.90. The molecule has 0 amide bonds. The highest BCUT2D eigenvalue weighted by atomic mass is 16.5. The van der Waals surface area contributed by atoms with Crippen LogP contribution in [0.15, 0.2) is 84.9 Å². The summed E-state index contributed by atoms with van der Waals surface area (Å²) in [5.74, 6) is 1.61. The van der Waals surface area contributed by atoms with E-state index in [1.165, 1.54) is 0 Å². The van der Waals surface area contributed by atoms with Crippen molar-refractivity contribution in [3.05, 3.63) is 96.1 Å². The lowest BCUT2D eigenvalue weighted by Crippen LogP contribution is -2.55. The Bertz CT molecular complexity index is 1060. The molecule has 0 aliphatic carbocycles. The third kappa shape index (κ3) is 5.80. The van der Waals surface area contributed by atoms with Crippen molar-refractivity contribution in [3.8, 4) is 11.5 Å². The van der Waals surface area contributed by atoms with E-state index in [9.17, 15) is 4.79 Å². The molecule has 6 nitrogen and oxygen atoms in total. The summed E-state index contributed by atoms with van der Waals surface area (Å²) >= 11 is 0. The molecule has 0 unspecified atom stereocenters. The van der Waals surface area contributed by atoms with E-state index in [-0.39, 0.29) is 17.9 Å². The minimum absolute atomic E-state index is 0.0639. The van der Waals surface area contributed by atoms with E-state index in [1.54, 1.807) is 0 Å². The van der Waals surface area contributed by atoms with Crippen LogP contribution in [-0.4, -0.2) is 74.2 Å². The van der Waals surface area contributed by atoms with Crippen LogP contribution in [0.2, 0.25) is 0 Å². The monoisotopic (exact) mass is 472 g/mol. The Morgan fingerprint density at radius 3 is 1.77 bits per heavy atom. The molecule has 2 aliphatic rings. The van der Waals surface area contributed by atoms with Gasteiger partial charge in [0.1, 0.15) is 11.5 Å². The number of carbonyl (C=O) groups excluding carboxylic acids is 1. The van der Waals surface area contributed by atoms with Crippen LogP contribution in [0.25, 0.3) is 0 Å². The largest absolute Gasteiger partial charge is 0.457 e. The molecule has 2 aliphatic heterocycles. The minimum atomic E-state index is -0.319. The summed E-state index contributed by atoms with van der Waals surface area (Å²) in [4.78, 5) is 18.9. The van der Waals surface area contributed by atoms with E-state index in [4.69, 9.17) is 14.2 Å². The minimum Gasteiger partial charge on any atom is -0.457 e. The highest BCUT2D eigenvalue weighted by Crippen LogP contribution is 2.32. The molecule has 0 bridgehead atoms. The van der Waals surface area contributed by atoms with Crippen molar-refractivity contribution in [2.75, 3.05) is 52.6 Å². The van der Waals surface area contributed by atoms with Crippen molar-refractivity contribution >= 4 is 5.78 Å². The molecule has 0 spiro atoms. The van der Waals surface area contributed by atoms with Crippen LogP contribution in [-0.2, 0) is 9.47 Å². The number of para-hydroxylation sites is 1. The first kappa shape index (κ1) is 23.7. The van der Waals surface area contributed by atoms with Crippen molar-refractivity contribution in [2.45, 2.75) is 12.1 Å². The molecule has 3 aromatic rings. The van der Waals surface area contributed by atoms with Crippen LogP contribution >= 0.6 is 0 Å². The number of hydrogen-bond donors (Lipinski definition) is 0. The standard InChI is InChI=1S/C29H32N2O4/c32-29(24-11-13-26(14-12-24)35-25-9-5-2-6-10-25)28(31-17-21-34-22-18-31)27(23-7-3-1-4-8-23)30-15-19-33-20-16-30/h1-14,27-28H,15-22H2/t27-,28-/m0/s1. The molecule has 2 fully saturated rings. The maximum Gasteiger partial charge on any atom is 0.181 e. The van der Waals surface area contributed by atoms with Crippen molar-refractivity contribution in [2.24, 2.45) is 0 Å². The van der Waals surface area contributed by atoms with E-state index in [2.05, 4.69) is 34.1 Å². The Hall–Kier alpha value is -3.03. The Labute approximate surface area is 207 Å². The average Bonchev–Trinajstić information content (AvgIpc) is 2.94. The fourth-order valence-corrected chi connectivity index (χ4v) is 4.95. The molecule has 0 N–H and O–H groups in total. The zero-order chi connectivity index (χ0) is 23.9. The lowest BCUT2D eigenvalue weighted by molar-refractivity contribution is -0.0301. The van der Waals surface area contributed by atoms with Crippen LogP contribution in [0, 0.1) is 0 Å². The topological polar surface area (TPSA) is 51.2 Å². The SMILES string of the molecule is O=C(c1ccc(Oc2ccccc2)cc1)[C@H]([C@H](c1ccccc1)N1CCOCC1)N1CCOCC1. The highest BCUT2D eigenvalue weighted by Gasteiger charge is 2.39. The highest BCUT2D eigenvalue weighted by molar-refractivity contribution is 6.00. The molecule has 2 atom stereocenters. The molecule has 6 heteroatoms. The Morgan fingerprint density at radius 2 is 1.17 bits per heavy atom. The van der Waals surface area contributed by atoms with E-state index in [0.717, 1.165) is 37.5 Å². The normalized spacial score (nSPS) is 19.1. The number of nitrogens with zero attached hydrogens (tertiary/aromatic N) is 2. The maximum atomic E-state index is 14.2. The number of rotatable bonds is 8. The summed E-state index contributed by atoms with van der Waals surface area (Å²) in [5, 5.41) is 0. The number of Topliss-reactive ketones (excluding diaryl/α,β-unsaturated/α-hetero) is 1. The van der Waals surface area contributed by atoms with Gasteiger partial charge in [0.2, 0.25) is 0 Å². The van der Waals surface area contributed by atoms with Gasteiger partial charge in [-0.3, -0.25) is 14.6 Å². The van der Waals surface area contributed by atoms with Gasteiger partial charge in [0.05, 0.1) is 38.5 Å². The third-order valence-electron chi connectivity index (χ3n) is 6.70. The van der Waals surface area contributed by atoms with Crippen molar-refractivity contribution in [1.82, 2.24) is 9.80 Å². The fraction of sp³-hybridized carbons (Fsp3) is 0.345. The molecule has 2 heterocycles. The molecule has 3 aromatic carbocycles. The van der Waals surface area contributed by atoms with Gasteiger partial charge in [-0.05, 0) is 42.0 Å². The smallest absolute Gasteiger partial charge is 0.181 e. The molecule has 2 saturated heterocycles. The Morgan fingerprint density at radius 1 is 0.657 bits per heavy atom. The van der Waals surface area contributed by atoms with Crippen LogP contribution in [0.3, 0.4) is 0 Å². The summed E-state index contributed by atoms with van der Waals surface area (Å²) in [6, 6.07) is 27.2. The lowest BCUT2D eigenvalue weighted by Gasteiger charge is -2.44. The number of ketones is 1. The zero-order valence-corrected chi connectivity index (χ0v) is 19.9. The molecular weight excluding hydrogens is 440 g/mol. The average molecular weight is 473 g/mol. The fourth-order valence-electron chi connectivity index (χ4n) is 4.95. The molecule has 5 rings (SSSR count). The summed E-state index contributed by atoms with van der Waals surface area (Å²) in [7, 11) is 0. The lowest BCUT2D eigenvalue weighted by atomic mass is 9.89. The zero-order valence-electron chi connectivity index (χ0n) is 19.9. The summed E-state index contributed by atoms with van der Waals surface area (Å²) in [6.07, 6.45) is 0. The molecule has 35 heavy (non-hydrogen) atoms. The van der Waals surface area contributed by atoms with Gasteiger partial charge in [0.25, 0.3) is 0 Å². The van der Waals surface area contributed by atoms with Gasteiger partial charge in [-0.15, -0.1) is 0 Å². The molecular formula is C29H32N2O4. The predicted molar refractivity (Wildman–Crippen MR) is 135 cm³/mol. The first-order valence-electron chi connectivity index (χ1n) is 12.4. The van der Waals surface area contributed by atoms with Gasteiger partial charge in [-0.2, -0.15) is 0 Å². The van der Waals surface area contributed by atoms with Crippen LogP contribution < -0.4 is 4.74 Å². The maximum absolute atomic E-state index is 14.2. The number of morpholine rings is 2. The van der Waals surface area contributed by atoms with Crippen molar-refractivity contribution in [1.29, 1.82) is 0 Å². The first-order chi connectivity index (χ1) is 17.3.